The van der Waals surface area contributed by atoms with Gasteiger partial charge in [0, 0.05) is 37.1 Å². The molecule has 1 saturated heterocycles. The van der Waals surface area contributed by atoms with Crippen molar-refractivity contribution in [3.8, 4) is 5.69 Å². The summed E-state index contributed by atoms with van der Waals surface area (Å²) in [4.78, 5) is 30.2. The van der Waals surface area contributed by atoms with E-state index in [1.54, 1.807) is 24.8 Å². The van der Waals surface area contributed by atoms with Crippen molar-refractivity contribution in [2.45, 2.75) is 45.6 Å². The average molecular weight is 426 g/mol. The molecule has 0 aromatic carbocycles. The number of carbonyl (C=O) groups excluding carboxylic acids is 1. The third kappa shape index (κ3) is 4.33. The molecule has 0 N–H and O–H groups in total. The summed E-state index contributed by atoms with van der Waals surface area (Å²) in [6.45, 7) is 4.79. The van der Waals surface area contributed by atoms with Gasteiger partial charge < -0.3 is 4.90 Å². The summed E-state index contributed by atoms with van der Waals surface area (Å²) in [5.41, 5.74) is 1.76. The van der Waals surface area contributed by atoms with Crippen LogP contribution >= 0.6 is 11.6 Å². The van der Waals surface area contributed by atoms with Crippen molar-refractivity contribution < 1.29 is 4.79 Å². The molecular weight excluding hydrogens is 402 g/mol. The maximum absolute atomic E-state index is 13.6. The van der Waals surface area contributed by atoms with Crippen LogP contribution in [-0.4, -0.2) is 53.3 Å². The number of aryl methyl sites for hydroxylation is 2. The van der Waals surface area contributed by atoms with Crippen molar-refractivity contribution >= 4 is 17.5 Å². The highest BCUT2D eigenvalue weighted by molar-refractivity contribution is 6.30. The first-order valence-electron chi connectivity index (χ1n) is 10.1. The largest absolute Gasteiger partial charge is 0.334 e. The van der Waals surface area contributed by atoms with Crippen molar-refractivity contribution in [2.24, 2.45) is 5.92 Å². The Kier molecular flexibility index (Phi) is 6.03. The van der Waals surface area contributed by atoms with Gasteiger partial charge in [0.15, 0.2) is 5.69 Å². The Hall–Kier alpha value is -2.87. The Morgan fingerprint density at radius 3 is 2.67 bits per heavy atom. The molecule has 1 aliphatic rings. The molecule has 4 heterocycles. The summed E-state index contributed by atoms with van der Waals surface area (Å²) >= 11 is 5.89. The molecule has 0 spiro atoms. The standard InChI is InChI=1S/C21H24ClN7O/c1-14-4-3-11-28(17(14)7-8-19-23-12-16(22)13-24-19)21(30)20-18(6-5-15(2)27-20)29-25-9-10-26-29/h5-6,9-10,12-14,17H,3-4,7-8,11H2,1-2H3/t14-,17-/m1/s1. The molecule has 0 aliphatic carbocycles. The Morgan fingerprint density at radius 1 is 1.20 bits per heavy atom. The van der Waals surface area contributed by atoms with Crippen LogP contribution in [-0.2, 0) is 6.42 Å². The van der Waals surface area contributed by atoms with Gasteiger partial charge in [0.2, 0.25) is 0 Å². The van der Waals surface area contributed by atoms with Crippen LogP contribution in [0.5, 0.6) is 0 Å². The molecule has 4 rings (SSSR count). The minimum atomic E-state index is -0.0837. The third-order valence-electron chi connectivity index (χ3n) is 5.56. The van der Waals surface area contributed by atoms with Gasteiger partial charge in [-0.05, 0) is 44.2 Å². The molecule has 1 amide bonds. The molecule has 2 atom stereocenters. The molecule has 9 heteroatoms. The van der Waals surface area contributed by atoms with Crippen LogP contribution < -0.4 is 0 Å². The summed E-state index contributed by atoms with van der Waals surface area (Å²) in [7, 11) is 0. The number of hydrogen-bond donors (Lipinski definition) is 0. The zero-order chi connectivity index (χ0) is 21.1. The van der Waals surface area contributed by atoms with E-state index >= 15 is 0 Å². The van der Waals surface area contributed by atoms with E-state index in [1.807, 2.05) is 24.0 Å². The van der Waals surface area contributed by atoms with Gasteiger partial charge in [0.25, 0.3) is 5.91 Å². The highest BCUT2D eigenvalue weighted by atomic mass is 35.5. The topological polar surface area (TPSA) is 89.7 Å². The number of aromatic nitrogens is 6. The fraction of sp³-hybridized carbons (Fsp3) is 0.429. The highest BCUT2D eigenvalue weighted by Crippen LogP contribution is 2.29. The smallest absolute Gasteiger partial charge is 0.275 e. The van der Waals surface area contributed by atoms with E-state index in [1.165, 1.54) is 4.80 Å². The van der Waals surface area contributed by atoms with Crippen molar-refractivity contribution in [3.05, 3.63) is 59.2 Å². The number of likely N-dealkylation sites (tertiary alicyclic amines) is 1. The minimum absolute atomic E-state index is 0.0837. The molecule has 156 valence electrons. The van der Waals surface area contributed by atoms with Crippen LogP contribution in [0.25, 0.3) is 5.69 Å². The van der Waals surface area contributed by atoms with Gasteiger partial charge in [0.1, 0.15) is 11.5 Å². The molecule has 0 saturated carbocycles. The lowest BCUT2D eigenvalue weighted by Gasteiger charge is -2.40. The van der Waals surface area contributed by atoms with Crippen LogP contribution in [0.2, 0.25) is 5.02 Å². The maximum atomic E-state index is 13.6. The molecule has 30 heavy (non-hydrogen) atoms. The van der Waals surface area contributed by atoms with Crippen molar-refractivity contribution in [1.29, 1.82) is 0 Å². The van der Waals surface area contributed by atoms with Gasteiger partial charge in [-0.15, -0.1) is 4.80 Å². The molecule has 3 aromatic rings. The maximum Gasteiger partial charge on any atom is 0.275 e. The van der Waals surface area contributed by atoms with Crippen molar-refractivity contribution in [2.75, 3.05) is 6.54 Å². The van der Waals surface area contributed by atoms with E-state index in [9.17, 15) is 4.79 Å². The van der Waals surface area contributed by atoms with Crippen molar-refractivity contribution in [3.63, 3.8) is 0 Å². The molecule has 0 radical (unpaired) electrons. The van der Waals surface area contributed by atoms with Crippen LogP contribution in [0.15, 0.2) is 36.9 Å². The number of rotatable bonds is 5. The first kappa shape index (κ1) is 20.4. The molecule has 0 bridgehead atoms. The number of nitrogens with zero attached hydrogens (tertiary/aromatic N) is 7. The molecule has 8 nitrogen and oxygen atoms in total. The number of piperidine rings is 1. The quantitative estimate of drug-likeness (QED) is 0.623. The second kappa shape index (κ2) is 8.87. The predicted molar refractivity (Wildman–Crippen MR) is 112 cm³/mol. The fourth-order valence-electron chi connectivity index (χ4n) is 4.03. The molecule has 1 fully saturated rings. The summed E-state index contributed by atoms with van der Waals surface area (Å²) in [5.74, 6) is 1.03. The van der Waals surface area contributed by atoms with E-state index in [2.05, 4.69) is 32.1 Å². The first-order chi connectivity index (χ1) is 14.5. The van der Waals surface area contributed by atoms with E-state index in [4.69, 9.17) is 11.6 Å². The molecule has 0 unspecified atom stereocenters. The summed E-state index contributed by atoms with van der Waals surface area (Å²) in [6.07, 6.45) is 9.93. The molecule has 3 aromatic heterocycles. The average Bonchev–Trinajstić information content (AvgIpc) is 3.28. The van der Waals surface area contributed by atoms with E-state index in [0.717, 1.165) is 30.8 Å². The molecule has 1 aliphatic heterocycles. The van der Waals surface area contributed by atoms with Gasteiger partial charge in [0.05, 0.1) is 17.4 Å². The Morgan fingerprint density at radius 2 is 1.93 bits per heavy atom. The number of pyridine rings is 1. The first-order valence-corrected chi connectivity index (χ1v) is 10.5. The number of amides is 1. The van der Waals surface area contributed by atoms with Crippen LogP contribution in [0, 0.1) is 12.8 Å². The monoisotopic (exact) mass is 425 g/mol. The lowest BCUT2D eigenvalue weighted by molar-refractivity contribution is 0.0492. The van der Waals surface area contributed by atoms with Crippen molar-refractivity contribution in [1.82, 2.24) is 34.8 Å². The fourth-order valence-corrected chi connectivity index (χ4v) is 4.13. The second-order valence-corrected chi connectivity index (χ2v) is 8.12. The minimum Gasteiger partial charge on any atom is -0.334 e. The van der Waals surface area contributed by atoms with E-state index in [0.29, 0.717) is 35.3 Å². The van der Waals surface area contributed by atoms with Gasteiger partial charge in [-0.2, -0.15) is 10.2 Å². The highest BCUT2D eigenvalue weighted by Gasteiger charge is 2.34. The molecular formula is C21H24ClN7O. The third-order valence-corrected chi connectivity index (χ3v) is 5.76. The number of carbonyl (C=O) groups is 1. The zero-order valence-electron chi connectivity index (χ0n) is 17.1. The zero-order valence-corrected chi connectivity index (χ0v) is 17.8. The number of hydrogen-bond acceptors (Lipinski definition) is 6. The van der Waals surface area contributed by atoms with Gasteiger partial charge in [-0.3, -0.25) is 4.79 Å². The summed E-state index contributed by atoms with van der Waals surface area (Å²) < 4.78 is 0. The lowest BCUT2D eigenvalue weighted by Crippen LogP contribution is -2.48. The Balaban J connectivity index is 1.60. The van der Waals surface area contributed by atoms with E-state index < -0.39 is 0 Å². The van der Waals surface area contributed by atoms with Crippen LogP contribution in [0.3, 0.4) is 0 Å². The van der Waals surface area contributed by atoms with Gasteiger partial charge >= 0.3 is 0 Å². The Bertz CT molecular complexity index is 1010. The van der Waals surface area contributed by atoms with Crippen LogP contribution in [0.4, 0.5) is 0 Å². The SMILES string of the molecule is Cc1ccc(-n2nccn2)c(C(=O)N2CCC[C@@H](C)[C@H]2CCc2ncc(Cl)cn2)n1. The van der Waals surface area contributed by atoms with Gasteiger partial charge in [-0.1, -0.05) is 18.5 Å². The Labute approximate surface area is 180 Å². The predicted octanol–water partition coefficient (Wildman–Crippen LogP) is 3.29. The van der Waals surface area contributed by atoms with Gasteiger partial charge in [-0.25, -0.2) is 15.0 Å². The second-order valence-electron chi connectivity index (χ2n) is 7.68. The summed E-state index contributed by atoms with van der Waals surface area (Å²) in [5, 5.41) is 8.90. The summed E-state index contributed by atoms with van der Waals surface area (Å²) in [6, 6.07) is 3.80. The van der Waals surface area contributed by atoms with E-state index in [-0.39, 0.29) is 11.9 Å². The lowest BCUT2D eigenvalue weighted by atomic mass is 9.87. The van der Waals surface area contributed by atoms with Crippen LogP contribution in [0.1, 0.15) is 48.2 Å². The normalized spacial score (nSPS) is 19.1. The number of halogens is 1.